The summed E-state index contributed by atoms with van der Waals surface area (Å²) in [5, 5.41) is 9.74. The van der Waals surface area contributed by atoms with Crippen molar-refractivity contribution in [3.8, 4) is 22.4 Å². The van der Waals surface area contributed by atoms with Gasteiger partial charge >= 0.3 is 0 Å². The van der Waals surface area contributed by atoms with E-state index in [0.717, 1.165) is 11.1 Å². The van der Waals surface area contributed by atoms with Crippen LogP contribution in [0.2, 0.25) is 0 Å². The molecule has 3 aromatic rings. The van der Waals surface area contributed by atoms with Gasteiger partial charge in [-0.3, -0.25) is 9.48 Å². The molecular weight excluding hydrogens is 392 g/mol. The molecule has 1 aliphatic heterocycles. The molecule has 0 aliphatic carbocycles. The summed E-state index contributed by atoms with van der Waals surface area (Å²) in [6.45, 7) is 0.706. The van der Waals surface area contributed by atoms with Gasteiger partial charge in [-0.05, 0) is 17.7 Å². The molecular formula is C20H21F2N7O. The maximum Gasteiger partial charge on any atom is 0.274 e. The lowest BCUT2D eigenvalue weighted by molar-refractivity contribution is 0.0914. The van der Waals surface area contributed by atoms with Gasteiger partial charge < -0.3 is 16.4 Å². The van der Waals surface area contributed by atoms with Crippen molar-refractivity contribution in [2.24, 2.45) is 7.05 Å². The third-order valence-electron chi connectivity index (χ3n) is 4.93. The van der Waals surface area contributed by atoms with Gasteiger partial charge in [0, 0.05) is 49.9 Å². The molecule has 8 nitrogen and oxygen atoms in total. The van der Waals surface area contributed by atoms with Crippen molar-refractivity contribution in [2.75, 3.05) is 18.8 Å². The van der Waals surface area contributed by atoms with Crippen molar-refractivity contribution in [2.45, 2.75) is 18.6 Å². The molecule has 2 unspecified atom stereocenters. The molecule has 1 saturated heterocycles. The summed E-state index contributed by atoms with van der Waals surface area (Å²) in [5.41, 5.74) is 7.61. The number of aromatic nitrogens is 4. The lowest BCUT2D eigenvalue weighted by atomic mass is 10.0. The zero-order valence-electron chi connectivity index (χ0n) is 16.3. The maximum absolute atomic E-state index is 14.6. The number of nitrogens with zero attached hydrogens (tertiary/aromatic N) is 4. The van der Waals surface area contributed by atoms with Crippen molar-refractivity contribution < 1.29 is 13.6 Å². The normalized spacial score (nSPS) is 18.9. The summed E-state index contributed by atoms with van der Waals surface area (Å²) in [6.07, 6.45) is 3.95. The second kappa shape index (κ2) is 8.15. The number of alkyl halides is 1. The Morgan fingerprint density at radius 1 is 1.30 bits per heavy atom. The highest BCUT2D eigenvalue weighted by atomic mass is 19.1. The SMILES string of the molecule is Cn1cc(-c2ccc(F)c(-c3cnc(N)c(C(=O)NC4CNCC(F)C4)n3)c2)cn1. The van der Waals surface area contributed by atoms with E-state index in [2.05, 4.69) is 25.7 Å². The number of benzene rings is 1. The molecule has 2 atom stereocenters. The number of nitrogens with two attached hydrogens (primary N) is 1. The van der Waals surface area contributed by atoms with E-state index in [4.69, 9.17) is 5.73 Å². The predicted molar refractivity (Wildman–Crippen MR) is 108 cm³/mol. The summed E-state index contributed by atoms with van der Waals surface area (Å²) in [4.78, 5) is 20.9. The summed E-state index contributed by atoms with van der Waals surface area (Å²) in [5.74, 6) is -1.17. The van der Waals surface area contributed by atoms with E-state index in [1.807, 2.05) is 0 Å². The molecule has 4 rings (SSSR count). The van der Waals surface area contributed by atoms with Gasteiger partial charge in [-0.2, -0.15) is 5.10 Å². The molecule has 0 saturated carbocycles. The average molecular weight is 413 g/mol. The van der Waals surface area contributed by atoms with E-state index in [-0.39, 0.29) is 35.7 Å². The number of aryl methyl sites for hydroxylation is 1. The molecule has 10 heteroatoms. The molecule has 0 bridgehead atoms. The van der Waals surface area contributed by atoms with E-state index in [9.17, 15) is 13.6 Å². The topological polar surface area (TPSA) is 111 Å². The molecule has 0 radical (unpaired) electrons. The Bertz CT molecular complexity index is 1080. The van der Waals surface area contributed by atoms with Crippen molar-refractivity contribution in [1.82, 2.24) is 30.4 Å². The van der Waals surface area contributed by atoms with Crippen LogP contribution in [0.4, 0.5) is 14.6 Å². The fourth-order valence-electron chi connectivity index (χ4n) is 3.42. The molecule has 1 aromatic carbocycles. The monoisotopic (exact) mass is 413 g/mol. The van der Waals surface area contributed by atoms with Crippen molar-refractivity contribution in [1.29, 1.82) is 0 Å². The quantitative estimate of drug-likeness (QED) is 0.600. The van der Waals surface area contributed by atoms with Gasteiger partial charge in [0.25, 0.3) is 5.91 Å². The number of anilines is 1. The fraction of sp³-hybridized carbons (Fsp3) is 0.300. The van der Waals surface area contributed by atoms with E-state index in [0.29, 0.717) is 6.54 Å². The van der Waals surface area contributed by atoms with E-state index in [1.165, 1.54) is 12.3 Å². The first kappa shape index (κ1) is 19.9. The van der Waals surface area contributed by atoms with Crippen LogP contribution in [0.25, 0.3) is 22.4 Å². The first-order valence-electron chi connectivity index (χ1n) is 9.48. The third kappa shape index (κ3) is 4.13. The number of amides is 1. The maximum atomic E-state index is 14.6. The number of piperidine rings is 1. The zero-order valence-corrected chi connectivity index (χ0v) is 16.3. The Labute approximate surface area is 171 Å². The van der Waals surface area contributed by atoms with Gasteiger partial charge in [-0.15, -0.1) is 0 Å². The number of hydrogen-bond acceptors (Lipinski definition) is 6. The number of nitrogen functional groups attached to an aromatic ring is 1. The predicted octanol–water partition coefficient (Wildman–Crippen LogP) is 1.70. The molecule has 30 heavy (non-hydrogen) atoms. The smallest absolute Gasteiger partial charge is 0.274 e. The van der Waals surface area contributed by atoms with E-state index in [1.54, 1.807) is 36.3 Å². The van der Waals surface area contributed by atoms with E-state index >= 15 is 0 Å². The number of rotatable bonds is 4. The van der Waals surface area contributed by atoms with Crippen LogP contribution in [0, 0.1) is 5.82 Å². The Balaban J connectivity index is 1.63. The van der Waals surface area contributed by atoms with Gasteiger partial charge in [-0.25, -0.2) is 18.7 Å². The molecule has 156 valence electrons. The van der Waals surface area contributed by atoms with Crippen LogP contribution in [-0.2, 0) is 7.05 Å². The van der Waals surface area contributed by atoms with Crippen LogP contribution in [-0.4, -0.2) is 51.0 Å². The van der Waals surface area contributed by atoms with Crippen molar-refractivity contribution in [3.05, 3.63) is 48.3 Å². The minimum atomic E-state index is -1.04. The molecule has 1 amide bonds. The summed E-state index contributed by atoms with van der Waals surface area (Å²) < 4.78 is 29.8. The number of halogens is 2. The van der Waals surface area contributed by atoms with Crippen molar-refractivity contribution in [3.63, 3.8) is 0 Å². The zero-order chi connectivity index (χ0) is 21.3. The number of nitrogens with one attached hydrogen (secondary N) is 2. The minimum Gasteiger partial charge on any atom is -0.382 e. The average Bonchev–Trinajstić information content (AvgIpc) is 3.15. The number of hydrogen-bond donors (Lipinski definition) is 3. The lowest BCUT2D eigenvalue weighted by Gasteiger charge is -2.26. The highest BCUT2D eigenvalue weighted by molar-refractivity contribution is 5.97. The standard InChI is InChI=1S/C20H21F2N7O/c1-29-10-12(6-26-29)11-2-3-16(22)15(4-11)17-9-25-19(23)18(28-17)20(30)27-14-5-13(21)7-24-8-14/h2-4,6,9-10,13-14,24H,5,7-8H2,1H3,(H2,23,25)(H,27,30). The fourth-order valence-corrected chi connectivity index (χ4v) is 3.42. The Morgan fingerprint density at radius 3 is 2.87 bits per heavy atom. The van der Waals surface area contributed by atoms with Gasteiger partial charge in [0.1, 0.15) is 12.0 Å². The van der Waals surface area contributed by atoms with Crippen LogP contribution in [0.1, 0.15) is 16.9 Å². The van der Waals surface area contributed by atoms with E-state index < -0.39 is 23.9 Å². The van der Waals surface area contributed by atoms with Gasteiger partial charge in [0.2, 0.25) is 0 Å². The molecule has 4 N–H and O–H groups in total. The van der Waals surface area contributed by atoms with Gasteiger partial charge in [0.15, 0.2) is 11.5 Å². The second-order valence-corrected chi connectivity index (χ2v) is 7.25. The second-order valence-electron chi connectivity index (χ2n) is 7.25. The van der Waals surface area contributed by atoms with Gasteiger partial charge in [-0.1, -0.05) is 6.07 Å². The first-order valence-corrected chi connectivity index (χ1v) is 9.48. The molecule has 2 aromatic heterocycles. The lowest BCUT2D eigenvalue weighted by Crippen LogP contribution is -2.49. The van der Waals surface area contributed by atoms with Crippen LogP contribution in [0.3, 0.4) is 0 Å². The van der Waals surface area contributed by atoms with Crippen molar-refractivity contribution >= 4 is 11.7 Å². The summed E-state index contributed by atoms with van der Waals surface area (Å²) in [7, 11) is 1.79. The van der Waals surface area contributed by atoms with Crippen LogP contribution in [0.5, 0.6) is 0 Å². The Kier molecular flexibility index (Phi) is 5.40. The first-order chi connectivity index (χ1) is 14.4. The molecule has 3 heterocycles. The van der Waals surface area contributed by atoms with Crippen LogP contribution >= 0.6 is 0 Å². The minimum absolute atomic E-state index is 0.0827. The highest BCUT2D eigenvalue weighted by Gasteiger charge is 2.25. The Morgan fingerprint density at radius 2 is 2.13 bits per heavy atom. The molecule has 1 fully saturated rings. The van der Waals surface area contributed by atoms with Crippen LogP contribution in [0.15, 0.2) is 36.8 Å². The summed E-state index contributed by atoms with van der Waals surface area (Å²) >= 11 is 0. The van der Waals surface area contributed by atoms with Crippen LogP contribution < -0.4 is 16.4 Å². The largest absolute Gasteiger partial charge is 0.382 e. The molecule has 0 spiro atoms. The van der Waals surface area contributed by atoms with Gasteiger partial charge in [0.05, 0.1) is 18.1 Å². The number of carbonyl (C=O) groups excluding carboxylic acids is 1. The Hall–Kier alpha value is -3.40. The number of carbonyl (C=O) groups is 1. The summed E-state index contributed by atoms with van der Waals surface area (Å²) in [6, 6.07) is 4.19. The molecule has 1 aliphatic rings. The third-order valence-corrected chi connectivity index (χ3v) is 4.93. The highest BCUT2D eigenvalue weighted by Crippen LogP contribution is 2.28.